The fraction of sp³-hybridized carbons (Fsp3) is 0.652. The second kappa shape index (κ2) is 61.4. The van der Waals surface area contributed by atoms with E-state index >= 15 is 0 Å². The Morgan fingerprint density at radius 3 is 0.824 bits per heavy atom. The van der Waals surface area contributed by atoms with E-state index in [1.807, 2.05) is 0 Å². The molecule has 2 heterocycles. The number of aliphatic imine (C=N–C) groups is 2. The summed E-state index contributed by atoms with van der Waals surface area (Å²) in [6.45, 7) is 2.99. The maximum Gasteiger partial charge on any atom is 2.00 e. The Morgan fingerprint density at radius 2 is 0.635 bits per heavy atom. The zero-order chi connectivity index (χ0) is 66.2. The van der Waals surface area contributed by atoms with Gasteiger partial charge in [-0.05, 0) is 103 Å². The first-order valence-electron chi connectivity index (χ1n) is 25.9. The molecule has 0 fully saturated rings. The van der Waals surface area contributed by atoms with Gasteiger partial charge in [0.2, 0.25) is 0 Å². The average Bonchev–Trinajstić information content (AvgIpc) is 4.16. The summed E-state index contributed by atoms with van der Waals surface area (Å²) in [6.07, 6.45) is 15.0. The van der Waals surface area contributed by atoms with Gasteiger partial charge in [0.15, 0.2) is 11.9 Å². The van der Waals surface area contributed by atoms with Crippen LogP contribution in [0, 0.1) is 0 Å². The number of H-pyrrole nitrogens is 2. The van der Waals surface area contributed by atoms with Crippen LogP contribution in [0.2, 0.25) is 0 Å². The standard InChI is InChI=1S/2C6H14N4O2.2C6H9N3O2.2C6H14N2O2.2C5H12N2O2.Zn/c2*7-4(5(11)12)2-1-3-10-6(8)9;2*7-5(6(10)11)1-4-2-8-3-9-4;2*7-4-2-1-3-5(8)6(9)10;2*6-3-1-2-4(7)5(8)9;/h2*4H,1-3,7H2,(H,11,12)(H4,8,9,10);2*2-3,5H,1,7H2,(H,8,9)(H,10,11);2*5H,1-4,7-8H2,(H,9,10);2*4H,1-3,6-7H2,(H,8,9);/q;;;;;;;;+2/p-2/t2*4-;4*5-;2*4-;/m00000000./s1. The van der Waals surface area contributed by atoms with Crippen LogP contribution in [-0.4, -0.2) is 198 Å². The molecule has 0 unspecified atom stereocenters. The normalized spacial score (nSPS) is 12.6. The maximum absolute atomic E-state index is 10.3. The third-order valence-electron chi connectivity index (χ3n) is 9.81. The number of carboxylic acid groups (broad SMARTS) is 8. The number of rotatable bonds is 34. The molecule has 0 aromatic carbocycles. The first kappa shape index (κ1) is 91.6. The second-order valence-electron chi connectivity index (χ2n) is 17.4. The summed E-state index contributed by atoms with van der Waals surface area (Å²) in [4.78, 5) is 101. The van der Waals surface area contributed by atoms with E-state index in [2.05, 4.69) is 29.9 Å². The molecule has 0 spiro atoms. The van der Waals surface area contributed by atoms with Crippen LogP contribution in [0.25, 0.3) is 0 Å². The quantitative estimate of drug-likeness (QED) is 0.0134. The van der Waals surface area contributed by atoms with Crippen LogP contribution in [0.3, 0.4) is 0 Å². The number of nitrogens with one attached hydrogen (secondary N) is 2. The zero-order valence-electron chi connectivity index (χ0n) is 48.0. The van der Waals surface area contributed by atoms with Crippen molar-refractivity contribution in [1.29, 1.82) is 0 Å². The number of imidazole rings is 2. The number of aromatic nitrogens is 4. The summed E-state index contributed by atoms with van der Waals surface area (Å²) in [5.41, 5.74) is 83.9. The monoisotopic (exact) mass is 1280 g/mol. The van der Waals surface area contributed by atoms with Crippen LogP contribution >= 0.6 is 0 Å². The van der Waals surface area contributed by atoms with Crippen molar-refractivity contribution in [3.8, 4) is 0 Å². The molecule has 2 aromatic heterocycles. The topological polar surface area (TPSA) is 802 Å². The summed E-state index contributed by atoms with van der Waals surface area (Å²) in [5, 5.41) is 70.2. The Kier molecular flexibility index (Phi) is 66.2. The molecule has 38 nitrogen and oxygen atoms in total. The Bertz CT molecular complexity index is 1920. The van der Waals surface area contributed by atoms with Crippen molar-refractivity contribution in [2.45, 2.75) is 151 Å². The molecular formula is C46H96N22O16Zn. The number of aromatic amines is 2. The SMILES string of the molecule is NC(N)=NCCC[C@H](N)C(=O)[O-].NC(N)=NCCC[C@H](N)C(=O)[O-].NCCCC[C@H](N)C(=O)O.NCCCC[C@H](N)C(=O)O.NCCC[C@H](N)C(=O)O.NCCC[C@H](N)C(=O)O.N[C@@H](Cc1cnc[nH]1)C(=O)O.N[C@@H](Cc1cnc[nH]1)C(=O)O.[Zn+2]. The average molecular weight is 1280 g/mol. The van der Waals surface area contributed by atoms with Gasteiger partial charge in [0, 0.05) is 61.8 Å². The van der Waals surface area contributed by atoms with Gasteiger partial charge in [-0.2, -0.15) is 0 Å². The number of guanidine groups is 2. The summed E-state index contributed by atoms with van der Waals surface area (Å²) in [6, 6.07) is -6.48. The molecular weight excluding hydrogens is 1180 g/mol. The van der Waals surface area contributed by atoms with Gasteiger partial charge in [-0.15, -0.1) is 0 Å². The number of nitrogens with two attached hydrogens (primary N) is 16. The van der Waals surface area contributed by atoms with E-state index in [1.54, 1.807) is 12.4 Å². The van der Waals surface area contributed by atoms with Crippen molar-refractivity contribution >= 4 is 59.7 Å². The molecule has 488 valence electrons. The van der Waals surface area contributed by atoms with E-state index in [0.29, 0.717) is 103 Å². The van der Waals surface area contributed by atoms with E-state index in [4.69, 9.17) is 122 Å². The molecule has 2 aromatic rings. The minimum absolute atomic E-state index is 0. The Hall–Kier alpha value is -7.14. The van der Waals surface area contributed by atoms with Crippen LogP contribution in [0.1, 0.15) is 101 Å². The fourth-order valence-corrected chi connectivity index (χ4v) is 4.90. The second-order valence-corrected chi connectivity index (χ2v) is 17.4. The predicted molar refractivity (Wildman–Crippen MR) is 306 cm³/mol. The summed E-state index contributed by atoms with van der Waals surface area (Å²) >= 11 is 0. The molecule has 8 atom stereocenters. The van der Waals surface area contributed by atoms with Gasteiger partial charge < -0.3 is 152 Å². The molecule has 0 aliphatic carbocycles. The minimum atomic E-state index is -1.25. The van der Waals surface area contributed by atoms with Gasteiger partial charge in [-0.25, -0.2) is 9.97 Å². The number of hydrogen-bond donors (Lipinski definition) is 24. The molecule has 39 heteroatoms. The van der Waals surface area contributed by atoms with Gasteiger partial charge in [-0.3, -0.25) is 38.8 Å². The van der Waals surface area contributed by atoms with Crippen LogP contribution in [-0.2, 0) is 70.7 Å². The first-order chi connectivity index (χ1) is 39.2. The first-order valence-corrected chi connectivity index (χ1v) is 25.9. The molecule has 0 saturated carbocycles. The Balaban J connectivity index is -0.000000164. The van der Waals surface area contributed by atoms with Gasteiger partial charge in [-0.1, -0.05) is 12.8 Å². The number of carboxylic acids is 8. The maximum atomic E-state index is 10.3. The number of hydrogen-bond acceptors (Lipinski definition) is 26. The van der Waals surface area contributed by atoms with Gasteiger partial charge in [0.05, 0.1) is 24.6 Å². The van der Waals surface area contributed by atoms with Crippen LogP contribution < -0.4 is 102 Å². The minimum Gasteiger partial charge on any atom is -0.548 e. The van der Waals surface area contributed by atoms with E-state index in [1.165, 1.54) is 12.7 Å². The Morgan fingerprint density at radius 1 is 0.400 bits per heavy atom. The molecule has 0 bridgehead atoms. The van der Waals surface area contributed by atoms with Crippen molar-refractivity contribution in [2.75, 3.05) is 39.3 Å². The largest absolute Gasteiger partial charge is 2.00 e. The molecule has 2 rings (SSSR count). The van der Waals surface area contributed by atoms with Crippen LogP contribution in [0.15, 0.2) is 35.0 Å². The van der Waals surface area contributed by atoms with Crippen molar-refractivity contribution in [3.63, 3.8) is 0 Å². The van der Waals surface area contributed by atoms with E-state index in [-0.39, 0.29) is 44.2 Å². The van der Waals surface area contributed by atoms with Gasteiger partial charge in [0.25, 0.3) is 0 Å². The Labute approximate surface area is 505 Å². The van der Waals surface area contributed by atoms with Gasteiger partial charge in [0.1, 0.15) is 36.3 Å². The zero-order valence-corrected chi connectivity index (χ0v) is 51.0. The number of carbonyl (C=O) groups excluding carboxylic acids is 2. The number of nitrogens with zero attached hydrogens (tertiary/aromatic N) is 4. The van der Waals surface area contributed by atoms with Crippen LogP contribution in [0.5, 0.6) is 0 Å². The van der Waals surface area contributed by atoms with E-state index in [0.717, 1.165) is 37.1 Å². The molecule has 0 radical (unpaired) electrons. The summed E-state index contributed by atoms with van der Waals surface area (Å²) in [7, 11) is 0. The smallest absolute Gasteiger partial charge is 0.548 e. The fourth-order valence-electron chi connectivity index (χ4n) is 4.90. The molecule has 0 saturated heterocycles. The third kappa shape index (κ3) is 69.3. The van der Waals surface area contributed by atoms with Crippen molar-refractivity contribution in [1.82, 2.24) is 19.9 Å². The third-order valence-corrected chi connectivity index (χ3v) is 9.81. The van der Waals surface area contributed by atoms with Crippen molar-refractivity contribution in [3.05, 3.63) is 36.4 Å². The summed E-state index contributed by atoms with van der Waals surface area (Å²) in [5.74, 6) is -8.28. The summed E-state index contributed by atoms with van der Waals surface area (Å²) < 4.78 is 0. The molecule has 40 N–H and O–H groups in total. The number of aliphatic carboxylic acids is 8. The predicted octanol–water partition coefficient (Wildman–Crippen LogP) is -9.71. The van der Waals surface area contributed by atoms with E-state index < -0.39 is 96.1 Å². The van der Waals surface area contributed by atoms with Crippen LogP contribution in [0.4, 0.5) is 0 Å². The van der Waals surface area contributed by atoms with E-state index in [9.17, 15) is 48.6 Å². The van der Waals surface area contributed by atoms with Crippen molar-refractivity contribution in [2.24, 2.45) is 102 Å². The molecule has 0 aliphatic rings. The van der Waals surface area contributed by atoms with Crippen molar-refractivity contribution < 1.29 is 98.7 Å². The number of carbonyl (C=O) groups is 8. The molecule has 0 aliphatic heterocycles. The van der Waals surface area contributed by atoms with Gasteiger partial charge >= 0.3 is 55.3 Å². The molecule has 0 amide bonds. The molecule has 85 heavy (non-hydrogen) atoms. The number of unbranched alkanes of at least 4 members (excludes halogenated alkanes) is 2.